The van der Waals surface area contributed by atoms with Crippen LogP contribution in [0, 0.1) is 0 Å². The molecule has 2 aromatic carbocycles. The molecular weight excluding hydrogens is 392 g/mol. The van der Waals surface area contributed by atoms with E-state index in [0.29, 0.717) is 0 Å². The summed E-state index contributed by atoms with van der Waals surface area (Å²) in [5, 5.41) is 7.01. The summed E-state index contributed by atoms with van der Waals surface area (Å²) in [6.45, 7) is 4.08. The highest BCUT2D eigenvalue weighted by Crippen LogP contribution is 2.29. The molecule has 1 amide bonds. The molecule has 0 bridgehead atoms. The molecule has 4 rings (SSSR count). The quantitative estimate of drug-likeness (QED) is 0.406. The molecule has 0 saturated carbocycles. The van der Waals surface area contributed by atoms with Gasteiger partial charge in [-0.2, -0.15) is 0 Å². The summed E-state index contributed by atoms with van der Waals surface area (Å²) < 4.78 is 5.40. The van der Waals surface area contributed by atoms with E-state index in [9.17, 15) is 4.79 Å². The van der Waals surface area contributed by atoms with Gasteiger partial charge in [-0.3, -0.25) is 9.69 Å². The lowest BCUT2D eigenvalue weighted by Crippen LogP contribution is -2.35. The van der Waals surface area contributed by atoms with Crippen LogP contribution in [0.15, 0.2) is 53.7 Å². The lowest BCUT2D eigenvalue weighted by Gasteiger charge is -2.26. The van der Waals surface area contributed by atoms with Crippen LogP contribution >= 0.6 is 0 Å². The van der Waals surface area contributed by atoms with Crippen LogP contribution in [-0.2, 0) is 27.3 Å². The number of fused-ring (bicyclic) bond motifs is 1. The Bertz CT molecular complexity index is 925. The molecule has 0 radical (unpaired) electrons. The van der Waals surface area contributed by atoms with E-state index in [2.05, 4.69) is 33.6 Å². The Labute approximate surface area is 183 Å². The molecule has 7 nitrogen and oxygen atoms in total. The number of nitrogens with zero attached hydrogens (tertiary/aromatic N) is 2. The standard InChI is InChI=1S/C24H30N4O3/c25-24(20-8-3-5-18(15-20)16-28-11-13-30-14-12-28)27-31-17-23(29)26-22-10-4-7-19-6-1-2-9-21(19)22/h1-3,5-6,8-9,15,22H,4,7,10-14,16-17H2,(H2,25,27)(H,26,29). The normalized spacial score (nSPS) is 19.5. The Morgan fingerprint density at radius 3 is 2.90 bits per heavy atom. The molecule has 1 fully saturated rings. The van der Waals surface area contributed by atoms with Gasteiger partial charge in [0.05, 0.1) is 19.3 Å². The Morgan fingerprint density at radius 1 is 1.19 bits per heavy atom. The SMILES string of the molecule is N/C(=N/OCC(=O)NC1CCCc2ccccc21)c1cccc(CN2CCOCC2)c1. The van der Waals surface area contributed by atoms with Crippen molar-refractivity contribution < 1.29 is 14.4 Å². The molecule has 1 aliphatic carbocycles. The second-order valence-electron chi connectivity index (χ2n) is 8.05. The minimum Gasteiger partial charge on any atom is -0.384 e. The highest BCUT2D eigenvalue weighted by molar-refractivity contribution is 5.97. The number of rotatable bonds is 7. The van der Waals surface area contributed by atoms with Crippen molar-refractivity contribution in [3.63, 3.8) is 0 Å². The maximum absolute atomic E-state index is 12.4. The third kappa shape index (κ3) is 5.83. The highest BCUT2D eigenvalue weighted by Gasteiger charge is 2.21. The Balaban J connectivity index is 1.29. The van der Waals surface area contributed by atoms with Crippen molar-refractivity contribution in [2.24, 2.45) is 10.9 Å². The summed E-state index contributed by atoms with van der Waals surface area (Å²) in [4.78, 5) is 20.0. The van der Waals surface area contributed by atoms with Gasteiger partial charge in [0.1, 0.15) is 0 Å². The molecule has 164 valence electrons. The summed E-state index contributed by atoms with van der Waals surface area (Å²) >= 11 is 0. The number of benzene rings is 2. The molecule has 1 saturated heterocycles. The molecule has 2 aromatic rings. The Kier molecular flexibility index (Phi) is 7.17. The van der Waals surface area contributed by atoms with Crippen LogP contribution in [0.3, 0.4) is 0 Å². The summed E-state index contributed by atoms with van der Waals surface area (Å²) in [6, 6.07) is 16.2. The number of carbonyl (C=O) groups is 1. The van der Waals surface area contributed by atoms with Gasteiger partial charge < -0.3 is 20.6 Å². The number of nitrogens with one attached hydrogen (secondary N) is 1. The molecule has 1 aliphatic heterocycles. The number of nitrogens with two attached hydrogens (primary N) is 1. The molecule has 2 aliphatic rings. The maximum Gasteiger partial charge on any atom is 0.261 e. The first-order valence-corrected chi connectivity index (χ1v) is 10.9. The summed E-state index contributed by atoms with van der Waals surface area (Å²) in [7, 11) is 0. The number of aryl methyl sites for hydroxylation is 1. The zero-order chi connectivity index (χ0) is 21.5. The smallest absolute Gasteiger partial charge is 0.261 e. The van der Waals surface area contributed by atoms with Crippen LogP contribution in [0.25, 0.3) is 0 Å². The molecule has 0 aromatic heterocycles. The second kappa shape index (κ2) is 10.4. The minimum atomic E-state index is -0.195. The van der Waals surface area contributed by atoms with Crippen molar-refractivity contribution >= 4 is 11.7 Å². The van der Waals surface area contributed by atoms with Crippen LogP contribution in [0.2, 0.25) is 0 Å². The van der Waals surface area contributed by atoms with Gasteiger partial charge in [-0.05, 0) is 42.0 Å². The number of hydrogen-bond donors (Lipinski definition) is 2. The molecular formula is C24H30N4O3. The number of ether oxygens (including phenoxy) is 1. The van der Waals surface area contributed by atoms with Crippen molar-refractivity contribution in [3.8, 4) is 0 Å². The van der Waals surface area contributed by atoms with Crippen molar-refractivity contribution in [2.45, 2.75) is 31.8 Å². The fourth-order valence-corrected chi connectivity index (χ4v) is 4.20. The first-order valence-electron chi connectivity index (χ1n) is 10.9. The largest absolute Gasteiger partial charge is 0.384 e. The molecule has 1 unspecified atom stereocenters. The Hall–Kier alpha value is -2.90. The van der Waals surface area contributed by atoms with Crippen LogP contribution in [0.5, 0.6) is 0 Å². The van der Waals surface area contributed by atoms with Crippen LogP contribution in [0.1, 0.15) is 41.1 Å². The van der Waals surface area contributed by atoms with Crippen molar-refractivity contribution in [3.05, 3.63) is 70.8 Å². The third-order valence-corrected chi connectivity index (χ3v) is 5.80. The number of carbonyl (C=O) groups excluding carboxylic acids is 1. The zero-order valence-corrected chi connectivity index (χ0v) is 17.8. The fraction of sp³-hybridized carbons (Fsp3) is 0.417. The van der Waals surface area contributed by atoms with Crippen LogP contribution < -0.4 is 11.1 Å². The van der Waals surface area contributed by atoms with E-state index in [-0.39, 0.29) is 24.4 Å². The number of hydrogen-bond acceptors (Lipinski definition) is 5. The average Bonchev–Trinajstić information content (AvgIpc) is 2.80. The number of oxime groups is 1. The van der Waals surface area contributed by atoms with E-state index in [0.717, 1.165) is 63.2 Å². The van der Waals surface area contributed by atoms with Gasteiger partial charge in [0.2, 0.25) is 0 Å². The number of amides is 1. The van der Waals surface area contributed by atoms with Crippen LogP contribution in [0.4, 0.5) is 0 Å². The maximum atomic E-state index is 12.4. The van der Waals surface area contributed by atoms with Crippen molar-refractivity contribution in [1.29, 1.82) is 0 Å². The topological polar surface area (TPSA) is 89.2 Å². The Morgan fingerprint density at radius 2 is 2.03 bits per heavy atom. The number of morpholine rings is 1. The van der Waals surface area contributed by atoms with E-state index >= 15 is 0 Å². The monoisotopic (exact) mass is 422 g/mol. The lowest BCUT2D eigenvalue weighted by molar-refractivity contribution is -0.126. The first kappa shape index (κ1) is 21.3. The van der Waals surface area contributed by atoms with Gasteiger partial charge in [-0.15, -0.1) is 0 Å². The second-order valence-corrected chi connectivity index (χ2v) is 8.05. The predicted molar refractivity (Wildman–Crippen MR) is 119 cm³/mol. The van der Waals surface area contributed by atoms with Gasteiger partial charge in [-0.25, -0.2) is 0 Å². The van der Waals surface area contributed by atoms with Crippen molar-refractivity contribution in [2.75, 3.05) is 32.9 Å². The average molecular weight is 423 g/mol. The molecule has 7 heteroatoms. The van der Waals surface area contributed by atoms with E-state index in [1.165, 1.54) is 11.1 Å². The van der Waals surface area contributed by atoms with Gasteiger partial charge >= 0.3 is 0 Å². The first-order chi connectivity index (χ1) is 15.2. The predicted octanol–water partition coefficient (Wildman–Crippen LogP) is 2.35. The molecule has 1 heterocycles. The molecule has 0 spiro atoms. The van der Waals surface area contributed by atoms with E-state index in [1.807, 2.05) is 30.3 Å². The third-order valence-electron chi connectivity index (χ3n) is 5.80. The summed E-state index contributed by atoms with van der Waals surface area (Å²) in [6.07, 6.45) is 3.06. The highest BCUT2D eigenvalue weighted by atomic mass is 16.6. The van der Waals surface area contributed by atoms with E-state index in [1.54, 1.807) is 0 Å². The number of amidine groups is 1. The van der Waals surface area contributed by atoms with Gasteiger partial charge in [-0.1, -0.05) is 47.6 Å². The zero-order valence-electron chi connectivity index (χ0n) is 17.8. The summed E-state index contributed by atoms with van der Waals surface area (Å²) in [5.41, 5.74) is 10.5. The van der Waals surface area contributed by atoms with Crippen molar-refractivity contribution in [1.82, 2.24) is 10.2 Å². The molecule has 31 heavy (non-hydrogen) atoms. The molecule has 1 atom stereocenters. The van der Waals surface area contributed by atoms with E-state index < -0.39 is 0 Å². The summed E-state index contributed by atoms with van der Waals surface area (Å²) in [5.74, 6) is 0.0685. The minimum absolute atomic E-state index is 0.0271. The van der Waals surface area contributed by atoms with E-state index in [4.69, 9.17) is 15.3 Å². The van der Waals surface area contributed by atoms with Gasteiger partial charge in [0, 0.05) is 25.2 Å². The van der Waals surface area contributed by atoms with Crippen LogP contribution in [-0.4, -0.2) is 49.6 Å². The van der Waals surface area contributed by atoms with Gasteiger partial charge in [0.25, 0.3) is 5.91 Å². The lowest BCUT2D eigenvalue weighted by atomic mass is 9.88. The molecule has 3 N–H and O–H groups in total. The fourth-order valence-electron chi connectivity index (χ4n) is 4.20. The van der Waals surface area contributed by atoms with Gasteiger partial charge in [0.15, 0.2) is 12.4 Å².